The summed E-state index contributed by atoms with van der Waals surface area (Å²) in [6, 6.07) is 0.543. The third-order valence-electron chi connectivity index (χ3n) is 2.88. The van der Waals surface area contributed by atoms with E-state index in [1.54, 1.807) is 6.26 Å². The second-order valence-corrected chi connectivity index (χ2v) is 6.03. The van der Waals surface area contributed by atoms with E-state index in [1.807, 2.05) is 0 Å². The van der Waals surface area contributed by atoms with Crippen LogP contribution in [-0.2, 0) is 10.8 Å². The van der Waals surface area contributed by atoms with Crippen LogP contribution in [0.15, 0.2) is 4.99 Å². The van der Waals surface area contributed by atoms with E-state index >= 15 is 0 Å². The molecule has 2 saturated carbocycles. The molecule has 0 radical (unpaired) electrons. The van der Waals surface area contributed by atoms with Crippen LogP contribution in [-0.4, -0.2) is 33.8 Å². The first-order valence-electron chi connectivity index (χ1n) is 5.02. The van der Waals surface area contributed by atoms with E-state index in [2.05, 4.69) is 10.3 Å². The first-order chi connectivity index (χ1) is 6.62. The fraction of sp³-hybridized carbons (Fsp3) is 0.889. The van der Waals surface area contributed by atoms with Crippen molar-refractivity contribution in [3.8, 4) is 0 Å². The first kappa shape index (κ1) is 9.96. The van der Waals surface area contributed by atoms with Crippen LogP contribution < -0.4 is 11.1 Å². The van der Waals surface area contributed by atoms with Crippen LogP contribution in [0.5, 0.6) is 0 Å². The third-order valence-corrected chi connectivity index (χ3v) is 4.64. The van der Waals surface area contributed by atoms with Gasteiger partial charge < -0.3 is 11.1 Å². The monoisotopic (exact) mass is 215 g/mol. The van der Waals surface area contributed by atoms with Crippen molar-refractivity contribution in [2.45, 2.75) is 36.5 Å². The van der Waals surface area contributed by atoms with Gasteiger partial charge in [-0.15, -0.1) is 0 Å². The van der Waals surface area contributed by atoms with Crippen LogP contribution in [0.25, 0.3) is 0 Å². The number of nitrogens with two attached hydrogens (primary N) is 1. The summed E-state index contributed by atoms with van der Waals surface area (Å²) in [5.41, 5.74) is 5.69. The molecule has 0 saturated heterocycles. The maximum atomic E-state index is 11.4. The van der Waals surface area contributed by atoms with E-state index < -0.39 is 10.8 Å². The molecule has 1 unspecified atom stereocenters. The Morgan fingerprint density at radius 1 is 1.64 bits per heavy atom. The van der Waals surface area contributed by atoms with Gasteiger partial charge in [0.25, 0.3) is 0 Å². The maximum absolute atomic E-state index is 11.4. The number of guanidine groups is 1. The highest BCUT2D eigenvalue weighted by molar-refractivity contribution is 7.86. The zero-order valence-electron chi connectivity index (χ0n) is 8.45. The Hall–Kier alpha value is -0.580. The smallest absolute Gasteiger partial charge is 0.188 e. The Morgan fingerprint density at radius 2 is 2.29 bits per heavy atom. The molecule has 0 bridgehead atoms. The van der Waals surface area contributed by atoms with Gasteiger partial charge in [0.1, 0.15) is 0 Å². The lowest BCUT2D eigenvalue weighted by Gasteiger charge is -2.09. The maximum Gasteiger partial charge on any atom is 0.188 e. The summed E-state index contributed by atoms with van der Waals surface area (Å²) in [4.78, 5) is 4.25. The van der Waals surface area contributed by atoms with Gasteiger partial charge >= 0.3 is 0 Å². The summed E-state index contributed by atoms with van der Waals surface area (Å²) >= 11 is 0. The Morgan fingerprint density at radius 3 is 2.71 bits per heavy atom. The van der Waals surface area contributed by atoms with Crippen molar-refractivity contribution in [2.24, 2.45) is 10.7 Å². The number of hydrogen-bond donors (Lipinski definition) is 2. The molecule has 2 rings (SSSR count). The molecule has 14 heavy (non-hydrogen) atoms. The van der Waals surface area contributed by atoms with Crippen molar-refractivity contribution in [3.63, 3.8) is 0 Å². The molecule has 4 nitrogen and oxygen atoms in total. The molecule has 3 N–H and O–H groups in total. The Labute approximate surface area is 86.8 Å². The molecule has 0 aromatic heterocycles. The lowest BCUT2D eigenvalue weighted by molar-refractivity contribution is 0.671. The standard InChI is InChI=1S/C9H17N3OS/c1-14(13)9(4-5-9)6-11-8(10)12-7-2-3-7/h7H,2-6H2,1H3,(H3,10,11,12). The van der Waals surface area contributed by atoms with Gasteiger partial charge in [0.2, 0.25) is 0 Å². The van der Waals surface area contributed by atoms with E-state index in [9.17, 15) is 4.21 Å². The lowest BCUT2D eigenvalue weighted by Crippen LogP contribution is -2.34. The Balaban J connectivity index is 1.82. The lowest BCUT2D eigenvalue weighted by atomic mass is 10.4. The minimum absolute atomic E-state index is 0.0458. The third kappa shape index (κ3) is 2.26. The number of rotatable bonds is 4. The van der Waals surface area contributed by atoms with Gasteiger partial charge in [-0.05, 0) is 25.7 Å². The molecule has 2 aliphatic rings. The molecule has 1 atom stereocenters. The highest BCUT2D eigenvalue weighted by Crippen LogP contribution is 2.41. The van der Waals surface area contributed by atoms with Crippen molar-refractivity contribution >= 4 is 16.8 Å². The topological polar surface area (TPSA) is 67.5 Å². The fourth-order valence-electron chi connectivity index (χ4n) is 1.39. The molecule has 5 heteroatoms. The summed E-state index contributed by atoms with van der Waals surface area (Å²) in [5, 5.41) is 3.12. The van der Waals surface area contributed by atoms with Gasteiger partial charge in [-0.3, -0.25) is 9.20 Å². The first-order valence-corrected chi connectivity index (χ1v) is 6.58. The fourth-order valence-corrected chi connectivity index (χ4v) is 2.31. The molecule has 0 heterocycles. The number of nitrogens with one attached hydrogen (secondary N) is 1. The summed E-state index contributed by atoms with van der Waals surface area (Å²) in [7, 11) is -0.769. The minimum atomic E-state index is -0.769. The van der Waals surface area contributed by atoms with Gasteiger partial charge in [-0.25, -0.2) is 0 Å². The predicted octanol–water partition coefficient (Wildman–Crippen LogP) is -0.0358. The Kier molecular flexibility index (Phi) is 2.51. The molecular weight excluding hydrogens is 198 g/mol. The van der Waals surface area contributed by atoms with Crippen LogP contribution in [0.4, 0.5) is 0 Å². The summed E-state index contributed by atoms with van der Waals surface area (Å²) in [6.45, 7) is 0.613. The largest absolute Gasteiger partial charge is 0.370 e. The highest BCUT2D eigenvalue weighted by Gasteiger charge is 2.46. The zero-order valence-corrected chi connectivity index (χ0v) is 9.27. The van der Waals surface area contributed by atoms with Crippen LogP contribution in [0, 0.1) is 0 Å². The van der Waals surface area contributed by atoms with Crippen LogP contribution >= 0.6 is 0 Å². The van der Waals surface area contributed by atoms with Gasteiger partial charge in [-0.2, -0.15) is 0 Å². The van der Waals surface area contributed by atoms with Crippen molar-refractivity contribution in [1.29, 1.82) is 0 Å². The number of nitrogens with zero attached hydrogens (tertiary/aromatic N) is 1. The van der Waals surface area contributed by atoms with E-state index in [1.165, 1.54) is 12.8 Å². The molecule has 0 amide bonds. The van der Waals surface area contributed by atoms with Crippen LogP contribution in [0.2, 0.25) is 0 Å². The van der Waals surface area contributed by atoms with E-state index in [4.69, 9.17) is 5.73 Å². The minimum Gasteiger partial charge on any atom is -0.370 e. The molecule has 80 valence electrons. The number of aliphatic imine (C=N–C) groups is 1. The summed E-state index contributed by atoms with van der Waals surface area (Å²) in [5.74, 6) is 0.518. The van der Waals surface area contributed by atoms with Gasteiger partial charge in [-0.1, -0.05) is 0 Å². The average molecular weight is 215 g/mol. The predicted molar refractivity (Wildman–Crippen MR) is 58.7 cm³/mol. The molecule has 0 spiro atoms. The van der Waals surface area contributed by atoms with E-state index in [0.29, 0.717) is 18.5 Å². The molecule has 0 aromatic carbocycles. The summed E-state index contributed by atoms with van der Waals surface area (Å²) < 4.78 is 11.3. The summed E-state index contributed by atoms with van der Waals surface area (Å²) in [6.07, 6.45) is 6.20. The molecule has 0 aromatic rings. The number of hydrogen-bond acceptors (Lipinski definition) is 2. The van der Waals surface area contributed by atoms with Crippen LogP contribution in [0.3, 0.4) is 0 Å². The highest BCUT2D eigenvalue weighted by atomic mass is 32.2. The van der Waals surface area contributed by atoms with Crippen molar-refractivity contribution in [1.82, 2.24) is 5.32 Å². The molecule has 2 aliphatic carbocycles. The van der Waals surface area contributed by atoms with Crippen LogP contribution in [0.1, 0.15) is 25.7 Å². The second-order valence-electron chi connectivity index (χ2n) is 4.26. The van der Waals surface area contributed by atoms with Gasteiger partial charge in [0.15, 0.2) is 5.96 Å². The second kappa shape index (κ2) is 3.53. The van der Waals surface area contributed by atoms with Crippen molar-refractivity contribution in [3.05, 3.63) is 0 Å². The quantitative estimate of drug-likeness (QED) is 0.511. The molecule has 0 aliphatic heterocycles. The Bertz CT molecular complexity index is 282. The van der Waals surface area contributed by atoms with E-state index in [-0.39, 0.29) is 4.75 Å². The SMILES string of the molecule is CS(=O)C1(CN=C(N)NC2CC2)CC1. The zero-order chi connectivity index (χ0) is 10.2. The normalized spacial score (nSPS) is 27.1. The van der Waals surface area contributed by atoms with Crippen molar-refractivity contribution in [2.75, 3.05) is 12.8 Å². The molecule has 2 fully saturated rings. The van der Waals surface area contributed by atoms with E-state index in [0.717, 1.165) is 12.8 Å². The average Bonchev–Trinajstić information content (AvgIpc) is 2.97. The molecular formula is C9H17N3OS. The van der Waals surface area contributed by atoms with Crippen molar-refractivity contribution < 1.29 is 4.21 Å². The van der Waals surface area contributed by atoms with Gasteiger partial charge in [0.05, 0.1) is 11.3 Å². The van der Waals surface area contributed by atoms with Gasteiger partial charge in [0, 0.05) is 23.1 Å².